The maximum absolute atomic E-state index is 12.4. The summed E-state index contributed by atoms with van der Waals surface area (Å²) in [4.78, 5) is 25.9. The van der Waals surface area contributed by atoms with Crippen LogP contribution in [0.1, 0.15) is 40.0 Å². The minimum Gasteiger partial charge on any atom is -0.342 e. The number of thioether (sulfide) groups is 1. The van der Waals surface area contributed by atoms with E-state index in [0.717, 1.165) is 0 Å². The number of piperazine rings is 1. The average molecular weight is 326 g/mol. The van der Waals surface area contributed by atoms with E-state index in [1.54, 1.807) is 13.8 Å². The summed E-state index contributed by atoms with van der Waals surface area (Å²) in [5.74, 6) is -0.847. The molecule has 2 amide bonds. The number of hydrogen-bond donors (Lipinski definition) is 1. The van der Waals surface area contributed by atoms with Gasteiger partial charge in [-0.3, -0.25) is 9.59 Å². The molecule has 0 aromatic carbocycles. The molecule has 1 heterocycles. The van der Waals surface area contributed by atoms with Crippen LogP contribution in [-0.4, -0.2) is 46.1 Å². The summed E-state index contributed by atoms with van der Waals surface area (Å²) in [6.07, 6.45) is 1.57. The van der Waals surface area contributed by atoms with Gasteiger partial charge in [0.1, 0.15) is 11.6 Å². The predicted octanol–water partition coefficient (Wildman–Crippen LogP) is 2.54. The molecular formula is C13H21F3N2O2S. The van der Waals surface area contributed by atoms with Gasteiger partial charge in [0.15, 0.2) is 0 Å². The molecule has 4 nitrogen and oxygen atoms in total. The van der Waals surface area contributed by atoms with Gasteiger partial charge in [0.2, 0.25) is 11.8 Å². The summed E-state index contributed by atoms with van der Waals surface area (Å²) in [6.45, 7) is 5.15. The molecular weight excluding hydrogens is 305 g/mol. The van der Waals surface area contributed by atoms with Crippen molar-refractivity contribution in [3.63, 3.8) is 0 Å². The van der Waals surface area contributed by atoms with E-state index in [9.17, 15) is 22.8 Å². The van der Waals surface area contributed by atoms with Crippen LogP contribution in [0.4, 0.5) is 13.2 Å². The molecule has 1 aliphatic heterocycles. The molecule has 8 heteroatoms. The largest absolute Gasteiger partial charge is 0.441 e. The van der Waals surface area contributed by atoms with Crippen LogP contribution in [0.2, 0.25) is 0 Å². The zero-order valence-electron chi connectivity index (χ0n) is 12.4. The maximum atomic E-state index is 12.4. The molecule has 1 aliphatic rings. The van der Waals surface area contributed by atoms with Crippen LogP contribution in [0.25, 0.3) is 0 Å². The first kappa shape index (κ1) is 18.1. The highest BCUT2D eigenvalue weighted by molar-refractivity contribution is 8.00. The third-order valence-electron chi connectivity index (χ3n) is 3.80. The molecule has 0 spiro atoms. The molecule has 0 bridgehead atoms. The number of halogens is 3. The van der Waals surface area contributed by atoms with Gasteiger partial charge in [0.25, 0.3) is 0 Å². The molecule has 0 radical (unpaired) electrons. The minimum absolute atomic E-state index is 0.0824. The molecule has 0 aromatic heterocycles. The quantitative estimate of drug-likeness (QED) is 0.816. The monoisotopic (exact) mass is 326 g/mol. The minimum atomic E-state index is -4.33. The first-order valence-corrected chi connectivity index (χ1v) is 7.97. The Labute approximate surface area is 126 Å². The number of amides is 2. The molecule has 1 saturated heterocycles. The van der Waals surface area contributed by atoms with Gasteiger partial charge in [-0.15, -0.1) is 0 Å². The predicted molar refractivity (Wildman–Crippen MR) is 75.8 cm³/mol. The molecule has 0 saturated carbocycles. The fourth-order valence-electron chi connectivity index (χ4n) is 2.37. The highest BCUT2D eigenvalue weighted by atomic mass is 32.2. The average Bonchev–Trinajstić information content (AvgIpc) is 2.39. The Balaban J connectivity index is 2.85. The van der Waals surface area contributed by atoms with E-state index in [0.29, 0.717) is 19.3 Å². The van der Waals surface area contributed by atoms with Crippen molar-refractivity contribution >= 4 is 23.6 Å². The topological polar surface area (TPSA) is 49.4 Å². The van der Waals surface area contributed by atoms with Gasteiger partial charge in [0, 0.05) is 12.3 Å². The molecule has 1 rings (SSSR count). The first-order valence-electron chi connectivity index (χ1n) is 6.98. The van der Waals surface area contributed by atoms with Crippen molar-refractivity contribution in [2.45, 2.75) is 57.1 Å². The Morgan fingerprint density at radius 1 is 1.33 bits per heavy atom. The van der Waals surface area contributed by atoms with Gasteiger partial charge in [-0.2, -0.15) is 13.2 Å². The van der Waals surface area contributed by atoms with E-state index in [1.165, 1.54) is 4.90 Å². The standard InChI is InChI=1S/C13H21F3N2O2S/c1-4-6-9-10(19)18(7-8-21-13(14,15)16)12(3,5-2)11(20)17-9/h9H,4-8H2,1-3H3,(H,17,20). The molecule has 1 N–H and O–H groups in total. The van der Waals surface area contributed by atoms with Gasteiger partial charge in [-0.1, -0.05) is 20.3 Å². The van der Waals surface area contributed by atoms with Crippen LogP contribution in [0.15, 0.2) is 0 Å². The van der Waals surface area contributed by atoms with Crippen LogP contribution in [-0.2, 0) is 9.59 Å². The van der Waals surface area contributed by atoms with E-state index in [4.69, 9.17) is 0 Å². The molecule has 2 unspecified atom stereocenters. The van der Waals surface area contributed by atoms with E-state index in [1.807, 2.05) is 6.92 Å². The van der Waals surface area contributed by atoms with E-state index in [2.05, 4.69) is 5.32 Å². The Morgan fingerprint density at radius 3 is 2.43 bits per heavy atom. The highest BCUT2D eigenvalue weighted by Gasteiger charge is 2.47. The van der Waals surface area contributed by atoms with Crippen molar-refractivity contribution in [1.29, 1.82) is 0 Å². The normalized spacial score (nSPS) is 27.0. The number of rotatable bonds is 6. The second-order valence-corrected chi connectivity index (χ2v) is 6.39. The molecule has 21 heavy (non-hydrogen) atoms. The molecule has 1 fully saturated rings. The molecule has 122 valence electrons. The molecule has 2 atom stereocenters. The molecule has 0 aliphatic carbocycles. The summed E-state index contributed by atoms with van der Waals surface area (Å²) in [5, 5.41) is 2.69. The number of carbonyl (C=O) groups excluding carboxylic acids is 2. The van der Waals surface area contributed by atoms with Gasteiger partial charge in [0.05, 0.1) is 0 Å². The Morgan fingerprint density at radius 2 is 1.95 bits per heavy atom. The van der Waals surface area contributed by atoms with Crippen LogP contribution in [0, 0.1) is 0 Å². The number of nitrogens with zero attached hydrogens (tertiary/aromatic N) is 1. The third-order valence-corrected chi connectivity index (χ3v) is 4.51. The maximum Gasteiger partial charge on any atom is 0.441 e. The van der Waals surface area contributed by atoms with E-state index >= 15 is 0 Å². The fraction of sp³-hybridized carbons (Fsp3) is 0.846. The number of carbonyl (C=O) groups is 2. The number of hydrogen-bond acceptors (Lipinski definition) is 3. The lowest BCUT2D eigenvalue weighted by Crippen LogP contribution is -2.69. The summed E-state index contributed by atoms with van der Waals surface area (Å²) in [7, 11) is 0. The van der Waals surface area contributed by atoms with Gasteiger partial charge < -0.3 is 10.2 Å². The van der Waals surface area contributed by atoms with Gasteiger partial charge >= 0.3 is 5.51 Å². The Kier molecular flexibility index (Phi) is 5.95. The fourth-order valence-corrected chi connectivity index (χ4v) is 2.88. The zero-order valence-corrected chi connectivity index (χ0v) is 13.2. The first-order chi connectivity index (χ1) is 9.65. The van der Waals surface area contributed by atoms with Crippen molar-refractivity contribution in [2.75, 3.05) is 12.3 Å². The highest BCUT2D eigenvalue weighted by Crippen LogP contribution is 2.32. The van der Waals surface area contributed by atoms with Crippen LogP contribution in [0.3, 0.4) is 0 Å². The van der Waals surface area contributed by atoms with Crippen molar-refractivity contribution < 1.29 is 22.8 Å². The second-order valence-electron chi connectivity index (χ2n) is 5.23. The van der Waals surface area contributed by atoms with Crippen molar-refractivity contribution in [1.82, 2.24) is 10.2 Å². The zero-order chi connectivity index (χ0) is 16.3. The van der Waals surface area contributed by atoms with Crippen LogP contribution < -0.4 is 5.32 Å². The number of nitrogens with one attached hydrogen (secondary N) is 1. The van der Waals surface area contributed by atoms with Crippen molar-refractivity contribution in [3.05, 3.63) is 0 Å². The lowest BCUT2D eigenvalue weighted by atomic mass is 9.89. The summed E-state index contributed by atoms with van der Waals surface area (Å²) >= 11 is -0.169. The molecule has 0 aromatic rings. The van der Waals surface area contributed by atoms with Crippen molar-refractivity contribution in [2.24, 2.45) is 0 Å². The summed E-state index contributed by atoms with van der Waals surface area (Å²) < 4.78 is 36.7. The second kappa shape index (κ2) is 6.89. The van der Waals surface area contributed by atoms with Crippen LogP contribution >= 0.6 is 11.8 Å². The van der Waals surface area contributed by atoms with E-state index in [-0.39, 0.29) is 35.9 Å². The van der Waals surface area contributed by atoms with Crippen molar-refractivity contribution in [3.8, 4) is 0 Å². The van der Waals surface area contributed by atoms with Gasteiger partial charge in [-0.05, 0) is 31.5 Å². The third kappa shape index (κ3) is 4.28. The van der Waals surface area contributed by atoms with Crippen LogP contribution in [0.5, 0.6) is 0 Å². The number of alkyl halides is 3. The lowest BCUT2D eigenvalue weighted by molar-refractivity contribution is -0.156. The van der Waals surface area contributed by atoms with Gasteiger partial charge in [-0.25, -0.2) is 0 Å². The summed E-state index contributed by atoms with van der Waals surface area (Å²) in [5.41, 5.74) is -5.40. The smallest absolute Gasteiger partial charge is 0.342 e. The Hall–Kier alpha value is -0.920. The lowest BCUT2D eigenvalue weighted by Gasteiger charge is -2.46. The SMILES string of the molecule is CCCC1NC(=O)C(C)(CC)N(CCSC(F)(F)F)C1=O. The van der Waals surface area contributed by atoms with E-state index < -0.39 is 17.1 Å². The Bertz CT molecular complexity index is 403. The summed E-state index contributed by atoms with van der Waals surface area (Å²) in [6, 6.07) is -0.627.